The Morgan fingerprint density at radius 2 is 1.71 bits per heavy atom. The first-order chi connectivity index (χ1) is 9.64. The predicted molar refractivity (Wildman–Crippen MR) is 63.8 cm³/mol. The Hall–Kier alpha value is -1.69. The van der Waals surface area contributed by atoms with Gasteiger partial charge in [-0.2, -0.15) is 8.70 Å². The first kappa shape index (κ1) is 15.7. The minimum Gasteiger partial charge on any atom is -0.389 e. The molecule has 11 heteroatoms. The van der Waals surface area contributed by atoms with Crippen LogP contribution in [-0.2, 0) is 10.0 Å². The van der Waals surface area contributed by atoms with E-state index in [1.165, 1.54) is 0 Å². The number of benzene rings is 1. The average molecular weight is 324 g/mol. The van der Waals surface area contributed by atoms with Gasteiger partial charge in [0.05, 0.1) is 17.1 Å². The largest absolute Gasteiger partial charge is 0.389 e. The van der Waals surface area contributed by atoms with Gasteiger partial charge in [0.2, 0.25) is 15.8 Å². The molecule has 1 aliphatic rings. The molecule has 2 N–H and O–H groups in total. The van der Waals surface area contributed by atoms with Crippen LogP contribution in [0.5, 0.6) is 0 Å². The monoisotopic (exact) mass is 324 g/mol. The Balaban J connectivity index is 2.50. The lowest BCUT2D eigenvalue weighted by atomic mass is 10.3. The number of hydrogen-bond acceptors (Lipinski definition) is 6. The summed E-state index contributed by atoms with van der Waals surface area (Å²) in [7, 11) is -4.54. The summed E-state index contributed by atoms with van der Waals surface area (Å²) in [4.78, 5) is 8.33. The highest BCUT2D eigenvalue weighted by atomic mass is 32.2. The molecule has 8 nitrogen and oxygen atoms in total. The molecule has 2 atom stereocenters. The fraction of sp³-hybridized carbons (Fsp3) is 0.400. The van der Waals surface area contributed by atoms with Crippen molar-refractivity contribution in [2.45, 2.75) is 17.1 Å². The second-order valence-corrected chi connectivity index (χ2v) is 6.35. The zero-order valence-corrected chi connectivity index (χ0v) is 11.1. The number of nitro benzene ring substituents is 1. The maximum Gasteiger partial charge on any atom is 0.306 e. The van der Waals surface area contributed by atoms with Crippen LogP contribution in [0, 0.1) is 21.7 Å². The van der Waals surface area contributed by atoms with Crippen molar-refractivity contribution in [1.82, 2.24) is 4.31 Å². The van der Waals surface area contributed by atoms with Gasteiger partial charge in [-0.15, -0.1) is 0 Å². The van der Waals surface area contributed by atoms with E-state index in [0.29, 0.717) is 4.31 Å². The number of sulfonamides is 1. The van der Waals surface area contributed by atoms with E-state index in [4.69, 9.17) is 0 Å². The molecule has 0 radical (unpaired) electrons. The van der Waals surface area contributed by atoms with Crippen LogP contribution in [0.3, 0.4) is 0 Å². The van der Waals surface area contributed by atoms with Gasteiger partial charge in [0.25, 0.3) is 0 Å². The van der Waals surface area contributed by atoms with Gasteiger partial charge in [-0.05, 0) is 0 Å². The molecule has 0 spiro atoms. The molecule has 0 aliphatic carbocycles. The smallest absolute Gasteiger partial charge is 0.306 e. The topological polar surface area (TPSA) is 121 Å². The summed E-state index contributed by atoms with van der Waals surface area (Å²) in [5.41, 5.74) is -1.18. The standard InChI is InChI=1S/C10H10F2N2O6S/c11-5-1-6(12)10(2-7(5)14(17)18)21(19,20)13-3-8(15)9(16)4-13/h1-2,8-9,15-16H,3-4H2/t8-,9+. The first-order valence-electron chi connectivity index (χ1n) is 5.64. The van der Waals surface area contributed by atoms with Crippen molar-refractivity contribution in [2.75, 3.05) is 13.1 Å². The number of aliphatic hydroxyl groups is 2. The Labute approximate surface area is 117 Å². The summed E-state index contributed by atoms with van der Waals surface area (Å²) < 4.78 is 51.7. The van der Waals surface area contributed by atoms with E-state index in [1.807, 2.05) is 0 Å². The predicted octanol–water partition coefficient (Wildman–Crippen LogP) is -0.401. The molecule has 2 rings (SSSR count). The van der Waals surface area contributed by atoms with Crippen molar-refractivity contribution in [2.24, 2.45) is 0 Å². The van der Waals surface area contributed by atoms with Crippen molar-refractivity contribution in [3.8, 4) is 0 Å². The summed E-state index contributed by atoms with van der Waals surface area (Å²) in [6.45, 7) is -0.984. The normalized spacial score (nSPS) is 23.4. The fourth-order valence-electron chi connectivity index (χ4n) is 1.93. The third kappa shape index (κ3) is 2.72. The van der Waals surface area contributed by atoms with Gasteiger partial charge < -0.3 is 10.2 Å². The Morgan fingerprint density at radius 1 is 1.19 bits per heavy atom. The molecule has 1 aromatic carbocycles. The van der Waals surface area contributed by atoms with E-state index in [1.54, 1.807) is 0 Å². The number of aliphatic hydroxyl groups excluding tert-OH is 2. The maximum absolute atomic E-state index is 13.6. The van der Waals surface area contributed by atoms with Crippen LogP contribution in [0.4, 0.5) is 14.5 Å². The summed E-state index contributed by atoms with van der Waals surface area (Å²) in [5, 5.41) is 29.2. The molecule has 1 saturated heterocycles. The molecule has 21 heavy (non-hydrogen) atoms. The lowest BCUT2D eigenvalue weighted by Crippen LogP contribution is -2.30. The van der Waals surface area contributed by atoms with Crippen molar-refractivity contribution in [1.29, 1.82) is 0 Å². The SMILES string of the molecule is O=[N+]([O-])c1cc(S(=O)(=O)N2C[C@@H](O)[C@@H](O)C2)c(F)cc1F. The second-order valence-electron chi connectivity index (χ2n) is 4.45. The zero-order valence-electron chi connectivity index (χ0n) is 10.3. The van der Waals surface area contributed by atoms with Gasteiger partial charge in [0.1, 0.15) is 10.7 Å². The number of nitro groups is 1. The molecule has 0 unspecified atom stereocenters. The summed E-state index contributed by atoms with van der Waals surface area (Å²) in [6.07, 6.45) is -2.70. The fourth-order valence-corrected chi connectivity index (χ4v) is 3.47. The highest BCUT2D eigenvalue weighted by Gasteiger charge is 2.39. The third-order valence-electron chi connectivity index (χ3n) is 3.04. The first-order valence-corrected chi connectivity index (χ1v) is 7.08. The summed E-state index contributed by atoms with van der Waals surface area (Å²) >= 11 is 0. The molecule has 0 saturated carbocycles. The minimum atomic E-state index is -4.54. The van der Waals surface area contributed by atoms with Crippen LogP contribution in [0.2, 0.25) is 0 Å². The number of hydrogen-bond donors (Lipinski definition) is 2. The van der Waals surface area contributed by atoms with Gasteiger partial charge in [-0.3, -0.25) is 10.1 Å². The molecule has 1 fully saturated rings. The van der Waals surface area contributed by atoms with E-state index in [0.717, 1.165) is 0 Å². The molecule has 116 valence electrons. The van der Waals surface area contributed by atoms with E-state index >= 15 is 0 Å². The Bertz CT molecular complexity index is 685. The highest BCUT2D eigenvalue weighted by molar-refractivity contribution is 7.89. The molecule has 0 amide bonds. The molecular formula is C10H10F2N2O6S. The van der Waals surface area contributed by atoms with Gasteiger partial charge >= 0.3 is 5.69 Å². The Morgan fingerprint density at radius 3 is 2.19 bits per heavy atom. The lowest BCUT2D eigenvalue weighted by molar-refractivity contribution is -0.387. The Kier molecular flexibility index (Phi) is 3.93. The molecular weight excluding hydrogens is 314 g/mol. The average Bonchev–Trinajstić information content (AvgIpc) is 2.69. The quantitative estimate of drug-likeness (QED) is 0.576. The molecule has 1 aromatic rings. The van der Waals surface area contributed by atoms with E-state index in [9.17, 15) is 37.5 Å². The number of nitrogens with zero attached hydrogens (tertiary/aromatic N) is 2. The molecule has 0 bridgehead atoms. The summed E-state index contributed by atoms with van der Waals surface area (Å²) in [6, 6.07) is 0.380. The maximum atomic E-state index is 13.6. The van der Waals surface area contributed by atoms with Crippen molar-refractivity contribution >= 4 is 15.7 Å². The van der Waals surface area contributed by atoms with Gasteiger partial charge in [0, 0.05) is 25.2 Å². The van der Waals surface area contributed by atoms with Crippen molar-refractivity contribution in [3.63, 3.8) is 0 Å². The van der Waals surface area contributed by atoms with Crippen molar-refractivity contribution in [3.05, 3.63) is 33.9 Å². The van der Waals surface area contributed by atoms with Crippen LogP contribution >= 0.6 is 0 Å². The van der Waals surface area contributed by atoms with Gasteiger partial charge in [0.15, 0.2) is 0 Å². The van der Waals surface area contributed by atoms with Gasteiger partial charge in [-0.25, -0.2) is 12.8 Å². The number of β-amino-alcohol motifs (C(OH)–C–C–N with tert-alkyl or cyclic N) is 2. The minimum absolute atomic E-state index is 0.105. The van der Waals surface area contributed by atoms with Gasteiger partial charge in [-0.1, -0.05) is 0 Å². The van der Waals surface area contributed by atoms with Crippen LogP contribution in [0.1, 0.15) is 0 Å². The number of halogens is 2. The second kappa shape index (κ2) is 5.26. The van der Waals surface area contributed by atoms with E-state index in [-0.39, 0.29) is 12.1 Å². The molecule has 1 heterocycles. The highest BCUT2D eigenvalue weighted by Crippen LogP contribution is 2.28. The molecule has 1 aliphatic heterocycles. The van der Waals surface area contributed by atoms with Crippen LogP contribution in [0.25, 0.3) is 0 Å². The summed E-state index contributed by atoms with van der Waals surface area (Å²) in [5.74, 6) is -2.99. The third-order valence-corrected chi connectivity index (χ3v) is 4.89. The number of rotatable bonds is 3. The van der Waals surface area contributed by atoms with Crippen LogP contribution in [-0.4, -0.2) is 53.2 Å². The lowest BCUT2D eigenvalue weighted by Gasteiger charge is -2.15. The molecule has 0 aromatic heterocycles. The van der Waals surface area contributed by atoms with E-state index < -0.39 is 62.5 Å². The van der Waals surface area contributed by atoms with Crippen LogP contribution in [0.15, 0.2) is 17.0 Å². The van der Waals surface area contributed by atoms with Crippen LogP contribution < -0.4 is 0 Å². The van der Waals surface area contributed by atoms with E-state index in [2.05, 4.69) is 0 Å². The zero-order chi connectivity index (χ0) is 15.9. The van der Waals surface area contributed by atoms with Crippen molar-refractivity contribution < 1.29 is 32.3 Å².